The van der Waals surface area contributed by atoms with Crippen LogP contribution in [0.5, 0.6) is 0 Å². The number of aryl methyl sites for hydroxylation is 2. The highest BCUT2D eigenvalue weighted by Crippen LogP contribution is 2.24. The van der Waals surface area contributed by atoms with E-state index in [-0.39, 0.29) is 29.7 Å². The van der Waals surface area contributed by atoms with E-state index in [0.717, 1.165) is 76.1 Å². The summed E-state index contributed by atoms with van der Waals surface area (Å²) in [5, 5.41) is 44.3. The van der Waals surface area contributed by atoms with E-state index >= 15 is 0 Å². The summed E-state index contributed by atoms with van der Waals surface area (Å²) in [5.41, 5.74) is 37.7. The molecule has 0 aliphatic carbocycles. The van der Waals surface area contributed by atoms with Crippen LogP contribution >= 0.6 is 0 Å². The Hall–Kier alpha value is -19.0. The van der Waals surface area contributed by atoms with Crippen LogP contribution in [0.25, 0.3) is 0 Å². The molecule has 0 spiro atoms. The van der Waals surface area contributed by atoms with E-state index in [2.05, 4.69) is 284 Å². The molecular formula is C99H134N48. The highest BCUT2D eigenvalue weighted by atomic mass is 15.4. The highest BCUT2D eigenvalue weighted by molar-refractivity contribution is 5.59. The van der Waals surface area contributed by atoms with Gasteiger partial charge in [0.1, 0.15) is 0 Å². The Bertz CT molecular complexity index is 6340. The summed E-state index contributed by atoms with van der Waals surface area (Å²) in [6, 6.07) is 81.1. The zero-order valence-electron chi connectivity index (χ0n) is 85.5. The van der Waals surface area contributed by atoms with Crippen molar-refractivity contribution in [3.8, 4) is 0 Å². The standard InChI is InChI=1S/C14H20N6.3C13H18N6.2C12H16N6.2C11H14N6/c1-16-13-17-12(15)18-14(19-13)20(2)10-6-9-11-7-4-3-5-8-11;1-15-12-16-11(14)17-13(18-12)19(2)9-8-10-6-4-3-5-7-10;1-14-11-17-12(15-2)19-13(18-11)16-9-8-10-6-4-3-5-7-10;1-15-12-17-11(14)18-13(19-12)16-9-5-8-10-6-3-2-4-7-10;1-14-11-15-10(13)16-12(17-11)18(2)8-9-6-4-3-5-7-9;1-13-10-16-11(14-2)18-12(17-10)15-8-9-6-4-3-5-7-9;1-13-10-14-9(12)15-11(16-10)17(2)8-6-4-3-5-7-8;1-12-9-15-10(13-2)17-11(16-9)14-8-6-4-3-5-7-8/h3-5,7-8H,6,9-10H2,1-2H3,(H3,15,16,17,18,19);3-7H,8-9H2,1-2H3,(H3,14,15,16,17,18);3-7H,8-9H2,1-2H3,(H3,14,15,16,17,18,19);2-4,6-7H,5,8-9H2,1H3,(H4,14,15,16,17,18,19);3-7H,8H2,1-2H3,(H3,13,14,15,16,17);3-7H,8H2,1-2H3,(H3,13,14,15,16,17,18);3-7H,1-2H3,(H3,12,13,14,15,16);3-7H,1-2H3,(H3,12,13,14,15,16,17). The van der Waals surface area contributed by atoms with Crippen molar-refractivity contribution in [3.05, 3.63) is 276 Å². The van der Waals surface area contributed by atoms with Crippen LogP contribution in [0, 0.1) is 0 Å². The lowest BCUT2D eigenvalue weighted by molar-refractivity contribution is 0.764. The number of nitrogens with one attached hydrogen (secondary N) is 15. The van der Waals surface area contributed by atoms with Crippen LogP contribution in [0.1, 0.15) is 46.2 Å². The van der Waals surface area contributed by atoms with Gasteiger partial charge in [0.25, 0.3) is 0 Å². The first-order valence-electron chi connectivity index (χ1n) is 47.0. The van der Waals surface area contributed by atoms with Crippen molar-refractivity contribution in [1.82, 2.24) is 120 Å². The molecule has 0 aliphatic rings. The summed E-state index contributed by atoms with van der Waals surface area (Å²) in [6.45, 7) is 4.64. The molecule has 8 aromatic carbocycles. The normalized spacial score (nSPS) is 10.1. The Kier molecular flexibility index (Phi) is 47.3. The van der Waals surface area contributed by atoms with E-state index in [4.69, 9.17) is 28.7 Å². The van der Waals surface area contributed by atoms with Crippen molar-refractivity contribution in [2.75, 3.05) is 260 Å². The summed E-state index contributed by atoms with van der Waals surface area (Å²) in [5.74, 6) is 11.0. The van der Waals surface area contributed by atoms with Crippen LogP contribution in [0.2, 0.25) is 0 Å². The summed E-state index contributed by atoms with van der Waals surface area (Å²) in [6.07, 6.45) is 5.94. The lowest BCUT2D eigenvalue weighted by atomic mass is 10.1. The number of nitrogen functional groups attached to an aromatic ring is 5. The predicted octanol–water partition coefficient (Wildman–Crippen LogP) is 11.5. The predicted molar refractivity (Wildman–Crippen MR) is 596 cm³/mol. The number of rotatable bonds is 39. The molecule has 147 heavy (non-hydrogen) atoms. The van der Waals surface area contributed by atoms with Crippen molar-refractivity contribution < 1.29 is 0 Å². The van der Waals surface area contributed by atoms with Gasteiger partial charge in [-0.25, -0.2) is 0 Å². The first-order valence-corrected chi connectivity index (χ1v) is 47.0. The van der Waals surface area contributed by atoms with Crippen LogP contribution in [0.3, 0.4) is 0 Å². The van der Waals surface area contributed by atoms with Crippen molar-refractivity contribution in [3.63, 3.8) is 0 Å². The van der Waals surface area contributed by atoms with Crippen molar-refractivity contribution in [2.45, 2.75) is 51.6 Å². The lowest BCUT2D eigenvalue weighted by Crippen LogP contribution is -2.23. The molecule has 8 aromatic heterocycles. The molecule has 48 nitrogen and oxygen atoms in total. The first kappa shape index (κ1) is 112. The number of nitrogens with zero attached hydrogens (tertiary/aromatic N) is 28. The zero-order chi connectivity index (χ0) is 105. The molecule has 0 aliphatic heterocycles. The van der Waals surface area contributed by atoms with Gasteiger partial charge < -0.3 is 128 Å². The van der Waals surface area contributed by atoms with Crippen LogP contribution in [0.15, 0.2) is 243 Å². The molecule has 48 heteroatoms. The number of para-hydroxylation sites is 2. The van der Waals surface area contributed by atoms with E-state index in [1.54, 1.807) is 77.5 Å². The maximum absolute atomic E-state index is 5.66. The maximum atomic E-state index is 5.66. The van der Waals surface area contributed by atoms with Crippen LogP contribution in [-0.4, -0.2) is 252 Å². The molecule has 25 N–H and O–H groups in total. The molecule has 0 saturated carbocycles. The first-order chi connectivity index (χ1) is 71.5. The molecule has 0 saturated heterocycles. The van der Waals surface area contributed by atoms with E-state index in [1.807, 2.05) is 206 Å². The topological polar surface area (TPSA) is 633 Å². The van der Waals surface area contributed by atoms with Gasteiger partial charge >= 0.3 is 0 Å². The van der Waals surface area contributed by atoms with Crippen LogP contribution in [0.4, 0.5) is 154 Å². The monoisotopic (exact) mass is 2000 g/mol. The lowest BCUT2D eigenvalue weighted by Gasteiger charge is -2.17. The van der Waals surface area contributed by atoms with E-state index in [1.165, 1.54) is 33.4 Å². The third-order valence-corrected chi connectivity index (χ3v) is 20.3. The zero-order valence-corrected chi connectivity index (χ0v) is 85.5. The number of aromatic nitrogens is 24. The quantitative estimate of drug-likeness (QED) is 0.0159. The Labute approximate surface area is 856 Å². The summed E-state index contributed by atoms with van der Waals surface area (Å²) < 4.78 is 0. The molecule has 0 unspecified atom stereocenters. The Morgan fingerprint density at radius 1 is 0.211 bits per heavy atom. The van der Waals surface area contributed by atoms with Gasteiger partial charge in [-0.2, -0.15) is 120 Å². The van der Waals surface area contributed by atoms with Crippen molar-refractivity contribution >= 4 is 154 Å². The average molecular weight is 2000 g/mol. The molecule has 8 heterocycles. The second-order valence-corrected chi connectivity index (χ2v) is 31.2. The Morgan fingerprint density at radius 2 is 0.469 bits per heavy atom. The van der Waals surface area contributed by atoms with Gasteiger partial charge in [-0.05, 0) is 96.2 Å². The van der Waals surface area contributed by atoms with Gasteiger partial charge in [-0.15, -0.1) is 0 Å². The molecule has 0 bridgehead atoms. The second kappa shape index (κ2) is 62.3. The number of hydrogen-bond acceptors (Lipinski definition) is 48. The molecule has 16 rings (SSSR count). The summed E-state index contributed by atoms with van der Waals surface area (Å²) >= 11 is 0. The number of likely N-dealkylation sites (N-methyl/N-ethyl adjacent to an activating group) is 1. The number of anilines is 26. The minimum absolute atomic E-state index is 0.196. The summed E-state index contributed by atoms with van der Waals surface area (Å²) in [7, 11) is 27.1. The minimum atomic E-state index is 0.196. The molecule has 0 atom stereocenters. The number of benzene rings is 8. The van der Waals surface area contributed by atoms with Gasteiger partial charge in [-0.3, -0.25) is 0 Å². The fourth-order valence-electron chi connectivity index (χ4n) is 12.8. The Balaban J connectivity index is 0.000000187. The third kappa shape index (κ3) is 41.0. The van der Waals surface area contributed by atoms with Crippen LogP contribution < -0.4 is 128 Å². The molecule has 0 amide bonds. The van der Waals surface area contributed by atoms with Crippen molar-refractivity contribution in [2.24, 2.45) is 0 Å². The van der Waals surface area contributed by atoms with E-state index < -0.39 is 0 Å². The molecule has 770 valence electrons. The molecular weight excluding hydrogens is 1860 g/mol. The van der Waals surface area contributed by atoms with Gasteiger partial charge in [0.15, 0.2) is 0 Å². The second-order valence-electron chi connectivity index (χ2n) is 31.2. The SMILES string of the molecule is CNc1nc(N)nc(N(C)CCCc2ccccc2)n1.CNc1nc(N)nc(N(C)CCc2ccccc2)n1.CNc1nc(N)nc(N(C)Cc2ccccc2)n1.CNc1nc(N)nc(N(C)c2ccccc2)n1.CNc1nc(N)nc(NCCCc2ccccc2)n1.CNc1nc(NC)nc(NCCc2ccccc2)n1.CNc1nc(NC)nc(NCc2ccccc2)n1.CNc1nc(NC)nc(Nc2ccccc2)n1. The van der Waals surface area contributed by atoms with E-state index in [0.29, 0.717) is 126 Å². The highest BCUT2D eigenvalue weighted by Gasteiger charge is 2.16. The Morgan fingerprint density at radius 3 is 0.857 bits per heavy atom. The smallest absolute Gasteiger partial charge is 0.236 e. The van der Waals surface area contributed by atoms with Gasteiger partial charge in [0, 0.05) is 156 Å². The summed E-state index contributed by atoms with van der Waals surface area (Å²) in [4.78, 5) is 107. The largest absolute Gasteiger partial charge is 0.368 e. The maximum Gasteiger partial charge on any atom is 0.236 e. The van der Waals surface area contributed by atoms with Gasteiger partial charge in [-0.1, -0.05) is 218 Å². The molecule has 0 radical (unpaired) electrons. The van der Waals surface area contributed by atoms with Crippen LogP contribution in [-0.2, 0) is 38.8 Å². The fraction of sp³-hybridized carbons (Fsp3) is 0.273. The van der Waals surface area contributed by atoms with Crippen molar-refractivity contribution in [1.29, 1.82) is 0 Å². The number of hydrogen-bond donors (Lipinski definition) is 20. The molecule has 16 aromatic rings. The fourth-order valence-corrected chi connectivity index (χ4v) is 12.8. The number of nitrogens with two attached hydrogens (primary N) is 5. The van der Waals surface area contributed by atoms with E-state index in [9.17, 15) is 0 Å². The minimum Gasteiger partial charge on any atom is -0.368 e. The van der Waals surface area contributed by atoms with Gasteiger partial charge in [0.2, 0.25) is 143 Å². The third-order valence-electron chi connectivity index (χ3n) is 20.3. The molecule has 0 fully saturated rings. The van der Waals surface area contributed by atoms with Gasteiger partial charge in [0.05, 0.1) is 0 Å². The average Bonchev–Trinajstić information content (AvgIpc) is 0.843.